The first-order valence-electron chi connectivity index (χ1n) is 8.13. The summed E-state index contributed by atoms with van der Waals surface area (Å²) in [7, 11) is 0. The molecular formula is C17H25N3O3. The number of hydrogen-bond acceptors (Lipinski definition) is 3. The molecule has 3 N–H and O–H groups in total. The number of carbonyl (C=O) groups excluding carboxylic acids is 2. The predicted octanol–water partition coefficient (Wildman–Crippen LogP) is 2.43. The van der Waals surface area contributed by atoms with Crippen LogP contribution in [0.4, 0.5) is 10.5 Å². The molecule has 6 heteroatoms. The van der Waals surface area contributed by atoms with E-state index in [1.54, 1.807) is 0 Å². The molecule has 1 aromatic carbocycles. The lowest BCUT2D eigenvalue weighted by atomic mass is 10.1. The molecule has 0 radical (unpaired) electrons. The van der Waals surface area contributed by atoms with Crippen molar-refractivity contribution in [2.24, 2.45) is 5.92 Å². The molecule has 1 aromatic rings. The quantitative estimate of drug-likeness (QED) is 0.644. The molecule has 3 amide bonds. The fourth-order valence-electron chi connectivity index (χ4n) is 2.16. The van der Waals surface area contributed by atoms with Crippen LogP contribution in [0.2, 0.25) is 0 Å². The average molecular weight is 319 g/mol. The molecule has 0 spiro atoms. The van der Waals surface area contributed by atoms with E-state index in [0.29, 0.717) is 19.8 Å². The van der Waals surface area contributed by atoms with Gasteiger partial charge in [-0.2, -0.15) is 0 Å². The predicted molar refractivity (Wildman–Crippen MR) is 89.2 cm³/mol. The SMILES string of the molecule is CCOCCNC(=O)NC(C)c1ccc(NC(=O)C2CC2)cc1. The van der Waals surface area contributed by atoms with Crippen LogP contribution >= 0.6 is 0 Å². The largest absolute Gasteiger partial charge is 0.380 e. The Morgan fingerprint density at radius 3 is 2.57 bits per heavy atom. The Labute approximate surface area is 137 Å². The highest BCUT2D eigenvalue weighted by Crippen LogP contribution is 2.30. The third-order valence-electron chi connectivity index (χ3n) is 3.71. The zero-order valence-corrected chi connectivity index (χ0v) is 13.7. The molecule has 0 saturated heterocycles. The molecule has 1 atom stereocenters. The van der Waals surface area contributed by atoms with Crippen LogP contribution in [0.1, 0.15) is 38.3 Å². The maximum Gasteiger partial charge on any atom is 0.315 e. The first-order valence-corrected chi connectivity index (χ1v) is 8.13. The highest BCUT2D eigenvalue weighted by atomic mass is 16.5. The van der Waals surface area contributed by atoms with Gasteiger partial charge in [0.05, 0.1) is 12.6 Å². The van der Waals surface area contributed by atoms with Crippen LogP contribution in [0.3, 0.4) is 0 Å². The third-order valence-corrected chi connectivity index (χ3v) is 3.71. The van der Waals surface area contributed by atoms with Gasteiger partial charge >= 0.3 is 6.03 Å². The van der Waals surface area contributed by atoms with E-state index in [0.717, 1.165) is 24.1 Å². The Bertz CT molecular complexity index is 526. The summed E-state index contributed by atoms with van der Waals surface area (Å²) in [4.78, 5) is 23.4. The molecule has 1 saturated carbocycles. The van der Waals surface area contributed by atoms with Crippen molar-refractivity contribution in [1.82, 2.24) is 10.6 Å². The van der Waals surface area contributed by atoms with Gasteiger partial charge in [0.25, 0.3) is 0 Å². The number of hydrogen-bond donors (Lipinski definition) is 3. The summed E-state index contributed by atoms with van der Waals surface area (Å²) in [5.41, 5.74) is 1.77. The second-order valence-electron chi connectivity index (χ2n) is 5.70. The van der Waals surface area contributed by atoms with Crippen molar-refractivity contribution in [2.45, 2.75) is 32.7 Å². The van der Waals surface area contributed by atoms with E-state index < -0.39 is 0 Å². The van der Waals surface area contributed by atoms with Gasteiger partial charge in [-0.25, -0.2) is 4.79 Å². The summed E-state index contributed by atoms with van der Waals surface area (Å²) in [6.45, 7) is 5.47. The molecule has 0 bridgehead atoms. The number of nitrogens with one attached hydrogen (secondary N) is 3. The molecule has 0 aromatic heterocycles. The molecular weight excluding hydrogens is 294 g/mol. The smallest absolute Gasteiger partial charge is 0.315 e. The third kappa shape index (κ3) is 5.90. The molecule has 1 unspecified atom stereocenters. The molecule has 1 fully saturated rings. The van der Waals surface area contributed by atoms with E-state index in [2.05, 4.69) is 16.0 Å². The van der Waals surface area contributed by atoms with Crippen molar-refractivity contribution >= 4 is 17.6 Å². The number of ether oxygens (including phenoxy) is 1. The maximum atomic E-state index is 11.7. The van der Waals surface area contributed by atoms with Crippen LogP contribution < -0.4 is 16.0 Å². The van der Waals surface area contributed by atoms with E-state index in [9.17, 15) is 9.59 Å². The summed E-state index contributed by atoms with van der Waals surface area (Å²) >= 11 is 0. The van der Waals surface area contributed by atoms with Gasteiger partial charge < -0.3 is 20.7 Å². The van der Waals surface area contributed by atoms with Crippen LogP contribution in [-0.4, -0.2) is 31.7 Å². The molecule has 23 heavy (non-hydrogen) atoms. The van der Waals surface area contributed by atoms with Crippen LogP contribution in [0.25, 0.3) is 0 Å². The van der Waals surface area contributed by atoms with Gasteiger partial charge in [0.15, 0.2) is 0 Å². The lowest BCUT2D eigenvalue weighted by Gasteiger charge is -2.15. The summed E-state index contributed by atoms with van der Waals surface area (Å²) in [5, 5.41) is 8.51. The molecule has 6 nitrogen and oxygen atoms in total. The van der Waals surface area contributed by atoms with Crippen LogP contribution in [0.15, 0.2) is 24.3 Å². The topological polar surface area (TPSA) is 79.5 Å². The number of rotatable bonds is 8. The Balaban J connectivity index is 1.76. The van der Waals surface area contributed by atoms with Gasteiger partial charge in [0.1, 0.15) is 0 Å². The van der Waals surface area contributed by atoms with Crippen LogP contribution in [0.5, 0.6) is 0 Å². The first kappa shape index (κ1) is 17.3. The van der Waals surface area contributed by atoms with Crippen LogP contribution in [0, 0.1) is 5.92 Å². The standard InChI is InChI=1S/C17H25N3O3/c1-3-23-11-10-18-17(22)19-12(2)13-6-8-15(9-7-13)20-16(21)14-4-5-14/h6-9,12,14H,3-5,10-11H2,1-2H3,(H,20,21)(H2,18,19,22). The van der Waals surface area contributed by atoms with Gasteiger partial charge in [0, 0.05) is 24.8 Å². The van der Waals surface area contributed by atoms with Crippen molar-refractivity contribution < 1.29 is 14.3 Å². The Hall–Kier alpha value is -2.08. The number of amides is 3. The highest BCUT2D eigenvalue weighted by molar-refractivity contribution is 5.94. The fourth-order valence-corrected chi connectivity index (χ4v) is 2.16. The molecule has 0 aliphatic heterocycles. The Morgan fingerprint density at radius 2 is 1.96 bits per heavy atom. The van der Waals surface area contributed by atoms with E-state index >= 15 is 0 Å². The monoisotopic (exact) mass is 319 g/mol. The Morgan fingerprint density at radius 1 is 1.26 bits per heavy atom. The Kier molecular flexibility index (Phi) is 6.40. The van der Waals surface area contributed by atoms with Crippen LogP contribution in [-0.2, 0) is 9.53 Å². The summed E-state index contributed by atoms with van der Waals surface area (Å²) in [6.07, 6.45) is 1.98. The maximum absolute atomic E-state index is 11.7. The van der Waals surface area contributed by atoms with Crippen molar-refractivity contribution in [3.63, 3.8) is 0 Å². The summed E-state index contributed by atoms with van der Waals surface area (Å²) < 4.78 is 5.16. The minimum absolute atomic E-state index is 0.0950. The minimum atomic E-state index is -0.219. The van der Waals surface area contributed by atoms with Crippen molar-refractivity contribution in [2.75, 3.05) is 25.1 Å². The van der Waals surface area contributed by atoms with Gasteiger partial charge in [-0.3, -0.25) is 4.79 Å². The minimum Gasteiger partial charge on any atom is -0.380 e. The van der Waals surface area contributed by atoms with E-state index in [1.165, 1.54) is 0 Å². The van der Waals surface area contributed by atoms with Crippen molar-refractivity contribution in [3.05, 3.63) is 29.8 Å². The second kappa shape index (κ2) is 8.53. The van der Waals surface area contributed by atoms with E-state index in [1.807, 2.05) is 38.1 Å². The number of urea groups is 1. The molecule has 126 valence electrons. The van der Waals surface area contributed by atoms with Gasteiger partial charge in [-0.15, -0.1) is 0 Å². The lowest BCUT2D eigenvalue weighted by Crippen LogP contribution is -2.38. The van der Waals surface area contributed by atoms with Crippen molar-refractivity contribution in [1.29, 1.82) is 0 Å². The molecule has 2 rings (SSSR count). The second-order valence-corrected chi connectivity index (χ2v) is 5.70. The number of carbonyl (C=O) groups is 2. The van der Waals surface area contributed by atoms with Gasteiger partial charge in [-0.05, 0) is 44.4 Å². The summed E-state index contributed by atoms with van der Waals surface area (Å²) in [6, 6.07) is 7.21. The number of anilines is 1. The molecule has 1 aliphatic carbocycles. The first-order chi connectivity index (χ1) is 11.1. The summed E-state index contributed by atoms with van der Waals surface area (Å²) in [5.74, 6) is 0.285. The zero-order valence-electron chi connectivity index (χ0n) is 13.7. The van der Waals surface area contributed by atoms with Gasteiger partial charge in [0.2, 0.25) is 5.91 Å². The van der Waals surface area contributed by atoms with Gasteiger partial charge in [-0.1, -0.05) is 12.1 Å². The molecule has 1 aliphatic rings. The van der Waals surface area contributed by atoms with E-state index in [4.69, 9.17) is 4.74 Å². The zero-order chi connectivity index (χ0) is 16.7. The normalized spacial score (nSPS) is 14.9. The highest BCUT2D eigenvalue weighted by Gasteiger charge is 2.29. The van der Waals surface area contributed by atoms with E-state index in [-0.39, 0.29) is 23.9 Å². The lowest BCUT2D eigenvalue weighted by molar-refractivity contribution is -0.117. The number of benzene rings is 1. The van der Waals surface area contributed by atoms with Crippen molar-refractivity contribution in [3.8, 4) is 0 Å². The molecule has 0 heterocycles. The fraction of sp³-hybridized carbons (Fsp3) is 0.529. The average Bonchev–Trinajstić information content (AvgIpc) is 3.37.